The van der Waals surface area contributed by atoms with E-state index < -0.39 is 0 Å². The van der Waals surface area contributed by atoms with Crippen LogP contribution in [-0.4, -0.2) is 31.9 Å². The fourth-order valence-electron chi connectivity index (χ4n) is 2.35. The molecule has 1 N–H and O–H groups in total. The molecule has 90 valence electrons. The second kappa shape index (κ2) is 3.96. The second-order valence-corrected chi connectivity index (χ2v) is 4.50. The summed E-state index contributed by atoms with van der Waals surface area (Å²) in [4.78, 5) is 16.5. The summed E-state index contributed by atoms with van der Waals surface area (Å²) in [5, 5.41) is 8.02. The van der Waals surface area contributed by atoms with Crippen molar-refractivity contribution in [3.8, 4) is 0 Å². The van der Waals surface area contributed by atoms with E-state index in [1.807, 2.05) is 0 Å². The summed E-state index contributed by atoms with van der Waals surface area (Å²) in [6, 6.07) is 0.392. The second-order valence-electron chi connectivity index (χ2n) is 4.50. The van der Waals surface area contributed by atoms with Crippen molar-refractivity contribution in [1.29, 1.82) is 0 Å². The molecule has 0 bridgehead atoms. The third-order valence-electron chi connectivity index (χ3n) is 3.30. The minimum Gasteiger partial charge on any atom is -0.312 e. The van der Waals surface area contributed by atoms with Gasteiger partial charge in [-0.15, -0.1) is 0 Å². The molecule has 6 heteroatoms. The van der Waals surface area contributed by atoms with Gasteiger partial charge in [0.1, 0.15) is 11.7 Å². The van der Waals surface area contributed by atoms with Crippen molar-refractivity contribution in [3.05, 3.63) is 22.9 Å². The van der Waals surface area contributed by atoms with Gasteiger partial charge in [-0.3, -0.25) is 14.0 Å². The molecule has 0 amide bonds. The first-order chi connectivity index (χ1) is 8.25. The van der Waals surface area contributed by atoms with Crippen LogP contribution in [0.25, 0.3) is 11.0 Å². The fourth-order valence-corrected chi connectivity index (χ4v) is 2.35. The smallest absolute Gasteiger partial charge is 0.264 e. The van der Waals surface area contributed by atoms with Crippen molar-refractivity contribution in [2.75, 3.05) is 6.54 Å². The van der Waals surface area contributed by atoms with Gasteiger partial charge in [0.2, 0.25) is 0 Å². The van der Waals surface area contributed by atoms with Gasteiger partial charge in [-0.2, -0.15) is 5.10 Å². The van der Waals surface area contributed by atoms with Crippen LogP contribution in [0.1, 0.15) is 12.8 Å². The van der Waals surface area contributed by atoms with E-state index in [1.165, 1.54) is 6.42 Å². The molecule has 0 aromatic carbocycles. The molecule has 0 saturated carbocycles. The van der Waals surface area contributed by atoms with Gasteiger partial charge in [0, 0.05) is 19.6 Å². The Morgan fingerprint density at radius 1 is 1.59 bits per heavy atom. The highest BCUT2D eigenvalue weighted by Gasteiger charge is 2.16. The molecule has 17 heavy (non-hydrogen) atoms. The number of hydrogen-bond acceptors (Lipinski definition) is 4. The van der Waals surface area contributed by atoms with Crippen molar-refractivity contribution in [3.63, 3.8) is 0 Å². The zero-order valence-corrected chi connectivity index (χ0v) is 9.76. The Bertz CT molecular complexity index is 593. The largest absolute Gasteiger partial charge is 0.312 e. The summed E-state index contributed by atoms with van der Waals surface area (Å²) < 4.78 is 3.29. The van der Waals surface area contributed by atoms with Gasteiger partial charge in [0.25, 0.3) is 5.56 Å². The van der Waals surface area contributed by atoms with Gasteiger partial charge >= 0.3 is 0 Å². The Labute approximate surface area is 98.3 Å². The third kappa shape index (κ3) is 1.74. The average Bonchev–Trinajstić information content (AvgIpc) is 2.93. The van der Waals surface area contributed by atoms with Crippen LogP contribution >= 0.6 is 0 Å². The Kier molecular flexibility index (Phi) is 2.44. The van der Waals surface area contributed by atoms with E-state index >= 15 is 0 Å². The number of hydrogen-bond donors (Lipinski definition) is 1. The molecule has 1 aliphatic heterocycles. The van der Waals surface area contributed by atoms with Crippen molar-refractivity contribution < 1.29 is 0 Å². The highest BCUT2D eigenvalue weighted by molar-refractivity contribution is 5.72. The SMILES string of the molecule is Cn1ncc2c(=O)n(C[C@H]3CCCN3)cnc21. The van der Waals surface area contributed by atoms with Gasteiger partial charge in [0.15, 0.2) is 5.65 Å². The van der Waals surface area contributed by atoms with Gasteiger partial charge in [-0.1, -0.05) is 0 Å². The molecule has 3 rings (SSSR count). The van der Waals surface area contributed by atoms with Crippen molar-refractivity contribution in [2.45, 2.75) is 25.4 Å². The van der Waals surface area contributed by atoms with Gasteiger partial charge < -0.3 is 5.32 Å². The van der Waals surface area contributed by atoms with E-state index in [0.29, 0.717) is 23.6 Å². The lowest BCUT2D eigenvalue weighted by Crippen LogP contribution is -2.32. The minimum absolute atomic E-state index is 0.00296. The Balaban J connectivity index is 1.99. The van der Waals surface area contributed by atoms with E-state index in [0.717, 1.165) is 13.0 Å². The summed E-state index contributed by atoms with van der Waals surface area (Å²) >= 11 is 0. The number of aromatic nitrogens is 4. The molecular weight excluding hydrogens is 218 g/mol. The van der Waals surface area contributed by atoms with E-state index in [2.05, 4.69) is 15.4 Å². The highest BCUT2D eigenvalue weighted by atomic mass is 16.1. The van der Waals surface area contributed by atoms with Crippen LogP contribution in [0.15, 0.2) is 17.3 Å². The summed E-state index contributed by atoms with van der Waals surface area (Å²) in [6.45, 7) is 1.73. The van der Waals surface area contributed by atoms with Crippen LogP contribution in [0.2, 0.25) is 0 Å². The molecule has 1 atom stereocenters. The monoisotopic (exact) mass is 233 g/mol. The molecule has 0 aliphatic carbocycles. The van der Waals surface area contributed by atoms with Crippen molar-refractivity contribution in [2.24, 2.45) is 7.05 Å². The number of nitrogens with one attached hydrogen (secondary N) is 1. The molecule has 0 radical (unpaired) electrons. The molecule has 6 nitrogen and oxygen atoms in total. The van der Waals surface area contributed by atoms with Crippen molar-refractivity contribution >= 4 is 11.0 Å². The summed E-state index contributed by atoms with van der Waals surface area (Å²) in [5.41, 5.74) is 0.641. The molecule has 2 aromatic heterocycles. The van der Waals surface area contributed by atoms with Gasteiger partial charge in [0.05, 0.1) is 6.20 Å². The van der Waals surface area contributed by atoms with E-state index in [-0.39, 0.29) is 5.56 Å². The maximum Gasteiger partial charge on any atom is 0.264 e. The summed E-state index contributed by atoms with van der Waals surface area (Å²) in [5.74, 6) is 0. The maximum atomic E-state index is 12.2. The Morgan fingerprint density at radius 3 is 3.24 bits per heavy atom. The van der Waals surface area contributed by atoms with Crippen LogP contribution in [-0.2, 0) is 13.6 Å². The first-order valence-corrected chi connectivity index (χ1v) is 5.86. The number of nitrogens with zero attached hydrogens (tertiary/aromatic N) is 4. The summed E-state index contributed by atoms with van der Waals surface area (Å²) in [6.07, 6.45) is 5.51. The first-order valence-electron chi connectivity index (χ1n) is 5.86. The molecule has 0 unspecified atom stereocenters. The molecule has 1 aliphatic rings. The predicted molar refractivity (Wildman–Crippen MR) is 63.8 cm³/mol. The van der Waals surface area contributed by atoms with Crippen molar-refractivity contribution in [1.82, 2.24) is 24.6 Å². The van der Waals surface area contributed by atoms with E-state index in [4.69, 9.17) is 0 Å². The molecular formula is C11H15N5O. The van der Waals surface area contributed by atoms with E-state index in [9.17, 15) is 4.79 Å². The zero-order chi connectivity index (χ0) is 11.8. The van der Waals surface area contributed by atoms with Crippen LogP contribution in [0.5, 0.6) is 0 Å². The third-order valence-corrected chi connectivity index (χ3v) is 3.30. The van der Waals surface area contributed by atoms with Crippen LogP contribution in [0, 0.1) is 0 Å². The van der Waals surface area contributed by atoms with Crippen LogP contribution < -0.4 is 10.9 Å². The lowest BCUT2D eigenvalue weighted by atomic mass is 10.2. The first kappa shape index (κ1) is 10.5. The molecule has 1 saturated heterocycles. The number of rotatable bonds is 2. The maximum absolute atomic E-state index is 12.2. The molecule has 3 heterocycles. The predicted octanol–water partition coefficient (Wildman–Crippen LogP) is -0.118. The Hall–Kier alpha value is -1.69. The van der Waals surface area contributed by atoms with Gasteiger partial charge in [-0.25, -0.2) is 4.98 Å². The molecule has 1 fully saturated rings. The standard InChI is InChI=1S/C11H15N5O/c1-15-10-9(5-14-15)11(17)16(7-13-10)6-8-3-2-4-12-8/h5,7-8,12H,2-4,6H2,1H3/t8-/m1/s1. The van der Waals surface area contributed by atoms with Gasteiger partial charge in [-0.05, 0) is 19.4 Å². The highest BCUT2D eigenvalue weighted by Crippen LogP contribution is 2.08. The lowest BCUT2D eigenvalue weighted by molar-refractivity contribution is 0.497. The van der Waals surface area contributed by atoms with Crippen LogP contribution in [0.4, 0.5) is 0 Å². The summed E-state index contributed by atoms with van der Waals surface area (Å²) in [7, 11) is 1.79. The topological polar surface area (TPSA) is 64.7 Å². The quantitative estimate of drug-likeness (QED) is 0.785. The normalized spacial score (nSPS) is 20.2. The van der Waals surface area contributed by atoms with E-state index in [1.54, 1.807) is 28.8 Å². The minimum atomic E-state index is -0.00296. The number of fused-ring (bicyclic) bond motifs is 1. The lowest BCUT2D eigenvalue weighted by Gasteiger charge is -2.11. The molecule has 0 spiro atoms. The zero-order valence-electron chi connectivity index (χ0n) is 9.76. The Morgan fingerprint density at radius 2 is 2.47 bits per heavy atom. The average molecular weight is 233 g/mol. The molecule has 2 aromatic rings. The number of aryl methyl sites for hydroxylation is 1. The van der Waals surface area contributed by atoms with Crippen LogP contribution in [0.3, 0.4) is 0 Å². The fraction of sp³-hybridized carbons (Fsp3) is 0.545.